The lowest BCUT2D eigenvalue weighted by molar-refractivity contribution is -0.153. The Labute approximate surface area is 96.2 Å². The van der Waals surface area contributed by atoms with E-state index in [2.05, 4.69) is 5.43 Å². The van der Waals surface area contributed by atoms with Crippen molar-refractivity contribution in [2.75, 3.05) is 5.01 Å². The van der Waals surface area contributed by atoms with Crippen LogP contribution in [-0.4, -0.2) is 18.1 Å². The van der Waals surface area contributed by atoms with Gasteiger partial charge in [0.15, 0.2) is 0 Å². The van der Waals surface area contributed by atoms with E-state index in [9.17, 15) is 18.0 Å². The fourth-order valence-corrected chi connectivity index (χ4v) is 1.64. The van der Waals surface area contributed by atoms with Crippen molar-refractivity contribution in [3.05, 3.63) is 29.8 Å². The third-order valence-corrected chi connectivity index (χ3v) is 2.60. The lowest BCUT2D eigenvalue weighted by Gasteiger charge is -2.19. The number of hydrogen-bond acceptors (Lipinski definition) is 2. The molecule has 1 atom stereocenters. The van der Waals surface area contributed by atoms with Gasteiger partial charge in [-0.2, -0.15) is 13.2 Å². The van der Waals surface area contributed by atoms with Gasteiger partial charge in [-0.05, 0) is 19.1 Å². The summed E-state index contributed by atoms with van der Waals surface area (Å²) in [6.07, 6.45) is -4.97. The van der Waals surface area contributed by atoms with Gasteiger partial charge in [-0.15, -0.1) is 0 Å². The maximum absolute atomic E-state index is 12.4. The highest BCUT2D eigenvalue weighted by molar-refractivity contribution is 5.95. The molecule has 3 nitrogen and oxygen atoms in total. The molecular formula is C11H11F3N2O. The first kappa shape index (κ1) is 11.9. The van der Waals surface area contributed by atoms with Crippen LogP contribution in [-0.2, 0) is 4.79 Å². The van der Waals surface area contributed by atoms with E-state index in [1.165, 1.54) is 0 Å². The van der Waals surface area contributed by atoms with Crippen LogP contribution < -0.4 is 10.4 Å². The molecule has 0 aromatic heterocycles. The van der Waals surface area contributed by atoms with Gasteiger partial charge in [0.1, 0.15) is 6.04 Å². The average molecular weight is 244 g/mol. The molecule has 1 N–H and O–H groups in total. The van der Waals surface area contributed by atoms with Crippen LogP contribution in [0.25, 0.3) is 0 Å². The standard InChI is InChI=1S/C11H11F3N2O/c1-7-2-4-8(5-3-7)16-10(17)6-9(15-16)11(12,13)14/h2-5,9,15H,6H2,1H3. The second-order valence-corrected chi connectivity index (χ2v) is 3.99. The van der Waals surface area contributed by atoms with Crippen LogP contribution in [0.1, 0.15) is 12.0 Å². The quantitative estimate of drug-likeness (QED) is 0.821. The topological polar surface area (TPSA) is 32.3 Å². The number of halogens is 3. The summed E-state index contributed by atoms with van der Waals surface area (Å²) in [6, 6.07) is 4.91. The van der Waals surface area contributed by atoms with Crippen LogP contribution in [0.4, 0.5) is 18.9 Å². The van der Waals surface area contributed by atoms with E-state index < -0.39 is 24.5 Å². The Hall–Kier alpha value is -1.56. The second kappa shape index (κ2) is 4.03. The fraction of sp³-hybridized carbons (Fsp3) is 0.364. The summed E-state index contributed by atoms with van der Waals surface area (Å²) in [6.45, 7) is 1.86. The highest BCUT2D eigenvalue weighted by Crippen LogP contribution is 2.29. The molecule has 1 saturated heterocycles. The van der Waals surface area contributed by atoms with E-state index in [0.717, 1.165) is 10.6 Å². The molecule has 1 aliphatic rings. The fourth-order valence-electron chi connectivity index (χ4n) is 1.64. The predicted octanol–water partition coefficient (Wildman–Crippen LogP) is 2.17. The van der Waals surface area contributed by atoms with E-state index in [4.69, 9.17) is 0 Å². The molecule has 1 unspecified atom stereocenters. The first-order valence-electron chi connectivity index (χ1n) is 5.10. The minimum atomic E-state index is -4.41. The summed E-state index contributed by atoms with van der Waals surface area (Å²) < 4.78 is 37.3. The molecule has 1 aromatic rings. The molecule has 92 valence electrons. The number of hydrogen-bond donors (Lipinski definition) is 1. The van der Waals surface area contributed by atoms with Gasteiger partial charge in [-0.3, -0.25) is 4.79 Å². The highest BCUT2D eigenvalue weighted by atomic mass is 19.4. The van der Waals surface area contributed by atoms with Gasteiger partial charge in [0, 0.05) is 0 Å². The number of nitrogens with zero attached hydrogens (tertiary/aromatic N) is 1. The second-order valence-electron chi connectivity index (χ2n) is 3.99. The normalized spacial score (nSPS) is 21.1. The summed E-state index contributed by atoms with van der Waals surface area (Å²) in [5.41, 5.74) is 3.58. The molecule has 0 radical (unpaired) electrons. The number of carbonyl (C=O) groups is 1. The largest absolute Gasteiger partial charge is 0.406 e. The zero-order valence-corrected chi connectivity index (χ0v) is 9.08. The molecule has 17 heavy (non-hydrogen) atoms. The molecule has 1 aliphatic heterocycles. The minimum absolute atomic E-state index is 0.423. The van der Waals surface area contributed by atoms with Crippen LogP contribution in [0.2, 0.25) is 0 Å². The number of alkyl halides is 3. The molecular weight excluding hydrogens is 233 g/mol. The SMILES string of the molecule is Cc1ccc(N2NC(C(F)(F)F)CC2=O)cc1. The summed E-state index contributed by atoms with van der Waals surface area (Å²) in [4.78, 5) is 11.5. The smallest absolute Gasteiger partial charge is 0.273 e. The zero-order chi connectivity index (χ0) is 12.6. The van der Waals surface area contributed by atoms with E-state index >= 15 is 0 Å². The van der Waals surface area contributed by atoms with Gasteiger partial charge in [0.05, 0.1) is 12.1 Å². The third kappa shape index (κ3) is 2.41. The maximum atomic E-state index is 12.4. The van der Waals surface area contributed by atoms with E-state index in [0.29, 0.717) is 5.69 Å². The van der Waals surface area contributed by atoms with Crippen LogP contribution in [0, 0.1) is 6.92 Å². The van der Waals surface area contributed by atoms with Crippen LogP contribution in [0.5, 0.6) is 0 Å². The molecule has 2 rings (SSSR count). The molecule has 1 aromatic carbocycles. The number of hydrazine groups is 1. The van der Waals surface area contributed by atoms with Crippen molar-refractivity contribution in [2.24, 2.45) is 0 Å². The number of carbonyl (C=O) groups excluding carboxylic acids is 1. The Kier molecular flexibility index (Phi) is 2.82. The van der Waals surface area contributed by atoms with Crippen molar-refractivity contribution >= 4 is 11.6 Å². The Balaban J connectivity index is 2.19. The van der Waals surface area contributed by atoms with Gasteiger partial charge < -0.3 is 0 Å². The monoisotopic (exact) mass is 244 g/mol. The molecule has 0 aliphatic carbocycles. The van der Waals surface area contributed by atoms with Crippen molar-refractivity contribution in [3.8, 4) is 0 Å². The van der Waals surface area contributed by atoms with Gasteiger partial charge >= 0.3 is 6.18 Å². The van der Waals surface area contributed by atoms with Gasteiger partial charge in [0.25, 0.3) is 0 Å². The highest BCUT2D eigenvalue weighted by Gasteiger charge is 2.47. The van der Waals surface area contributed by atoms with Crippen LogP contribution in [0.15, 0.2) is 24.3 Å². The lowest BCUT2D eigenvalue weighted by atomic mass is 10.2. The average Bonchev–Trinajstić information content (AvgIpc) is 2.61. The zero-order valence-electron chi connectivity index (χ0n) is 9.08. The van der Waals surface area contributed by atoms with Crippen molar-refractivity contribution in [1.29, 1.82) is 0 Å². The first-order valence-corrected chi connectivity index (χ1v) is 5.10. The molecule has 0 spiro atoms. The van der Waals surface area contributed by atoms with E-state index in [-0.39, 0.29) is 0 Å². The Morgan fingerprint density at radius 3 is 2.35 bits per heavy atom. The lowest BCUT2D eigenvalue weighted by Crippen LogP contribution is -2.44. The Morgan fingerprint density at radius 2 is 1.88 bits per heavy atom. The van der Waals surface area contributed by atoms with E-state index in [1.54, 1.807) is 24.3 Å². The predicted molar refractivity (Wildman–Crippen MR) is 56.3 cm³/mol. The van der Waals surface area contributed by atoms with Gasteiger partial charge in [0.2, 0.25) is 5.91 Å². The number of benzene rings is 1. The van der Waals surface area contributed by atoms with Crippen LogP contribution in [0.3, 0.4) is 0 Å². The molecule has 1 fully saturated rings. The molecule has 0 bridgehead atoms. The van der Waals surface area contributed by atoms with Crippen molar-refractivity contribution in [3.63, 3.8) is 0 Å². The van der Waals surface area contributed by atoms with Crippen LogP contribution >= 0.6 is 0 Å². The van der Waals surface area contributed by atoms with Crippen molar-refractivity contribution < 1.29 is 18.0 Å². The van der Waals surface area contributed by atoms with Gasteiger partial charge in [-0.25, -0.2) is 10.4 Å². The molecule has 1 heterocycles. The third-order valence-electron chi connectivity index (χ3n) is 2.60. The Morgan fingerprint density at radius 1 is 1.29 bits per heavy atom. The summed E-state index contributed by atoms with van der Waals surface area (Å²) in [5, 5.41) is 0.956. The summed E-state index contributed by atoms with van der Waals surface area (Å²) >= 11 is 0. The number of rotatable bonds is 1. The number of aryl methyl sites for hydroxylation is 1. The van der Waals surface area contributed by atoms with Gasteiger partial charge in [-0.1, -0.05) is 17.7 Å². The molecule has 6 heteroatoms. The molecule has 0 saturated carbocycles. The Bertz CT molecular complexity index is 427. The number of nitrogens with one attached hydrogen (secondary N) is 1. The van der Waals surface area contributed by atoms with Crippen molar-refractivity contribution in [1.82, 2.24) is 5.43 Å². The summed E-state index contributed by atoms with van der Waals surface area (Å²) in [5.74, 6) is -0.573. The van der Waals surface area contributed by atoms with E-state index in [1.807, 2.05) is 6.92 Å². The maximum Gasteiger partial charge on any atom is 0.406 e. The first-order chi connectivity index (χ1) is 7.88. The molecule has 1 amide bonds. The number of amides is 1. The summed E-state index contributed by atoms with van der Waals surface area (Å²) in [7, 11) is 0. The van der Waals surface area contributed by atoms with Crippen molar-refractivity contribution in [2.45, 2.75) is 25.6 Å². The minimum Gasteiger partial charge on any atom is -0.273 e. The number of anilines is 1.